The second-order valence-corrected chi connectivity index (χ2v) is 13.9. The number of ketones is 1. The first kappa shape index (κ1) is 37.6. The van der Waals surface area contributed by atoms with E-state index in [-0.39, 0.29) is 46.5 Å². The van der Waals surface area contributed by atoms with Crippen molar-refractivity contribution in [2.24, 2.45) is 0 Å². The van der Waals surface area contributed by atoms with Crippen molar-refractivity contribution in [1.29, 1.82) is 0 Å². The van der Waals surface area contributed by atoms with E-state index in [0.29, 0.717) is 67.0 Å². The average Bonchev–Trinajstić information content (AvgIpc) is 3.24. The van der Waals surface area contributed by atoms with E-state index in [1.165, 1.54) is 21.1 Å². The monoisotopic (exact) mass is 791 g/mol. The van der Waals surface area contributed by atoms with Gasteiger partial charge in [-0.15, -0.1) is 0 Å². The number of hydrogen-bond donors (Lipinski definition) is 3. The van der Waals surface area contributed by atoms with Gasteiger partial charge in [0.15, 0.2) is 5.78 Å². The molecule has 0 amide bonds. The summed E-state index contributed by atoms with van der Waals surface area (Å²) in [6.07, 6.45) is 0. The number of hydrogen-bond acceptors (Lipinski definition) is 12. The number of para-hydroxylation sites is 2. The van der Waals surface area contributed by atoms with E-state index in [9.17, 15) is 19.2 Å². The summed E-state index contributed by atoms with van der Waals surface area (Å²) < 4.78 is 16.9. The van der Waals surface area contributed by atoms with E-state index in [2.05, 4.69) is 20.6 Å². The lowest BCUT2D eigenvalue weighted by Gasteiger charge is -2.22. The molecule has 2 aromatic heterocycles. The van der Waals surface area contributed by atoms with Gasteiger partial charge >= 0.3 is 11.9 Å². The molecule has 13 heteroatoms. The number of carbonyl (C=O) groups is 3. The second-order valence-electron chi connectivity index (χ2n) is 13.5. The van der Waals surface area contributed by atoms with Gasteiger partial charge in [-0.2, -0.15) is 0 Å². The van der Waals surface area contributed by atoms with E-state index in [1.54, 1.807) is 66.7 Å². The Morgan fingerprint density at radius 3 is 2.00 bits per heavy atom. The molecule has 0 fully saturated rings. The van der Waals surface area contributed by atoms with E-state index in [4.69, 9.17) is 31.2 Å². The van der Waals surface area contributed by atoms with Crippen LogP contribution in [0, 0.1) is 0 Å². The number of methoxy groups -OCH3 is 2. The van der Waals surface area contributed by atoms with Crippen molar-refractivity contribution in [3.63, 3.8) is 0 Å². The van der Waals surface area contributed by atoms with Gasteiger partial charge in [0.05, 0.1) is 52.8 Å². The van der Waals surface area contributed by atoms with Crippen LogP contribution in [-0.2, 0) is 22.6 Å². The number of benzene rings is 5. The topological polar surface area (TPSA) is 176 Å². The first-order valence-corrected chi connectivity index (χ1v) is 18.5. The number of Topliss-reactive ketones (excluding diaryl/α,β-unsaturated/α-hetero) is 1. The minimum Gasteiger partial charge on any atom is -0.465 e. The number of ether oxygens (including phenoxy) is 2. The highest BCUT2D eigenvalue weighted by molar-refractivity contribution is 6.31. The van der Waals surface area contributed by atoms with Crippen molar-refractivity contribution in [3.05, 3.63) is 146 Å². The number of nitrogens with one attached hydrogen (secondary N) is 2. The normalized spacial score (nSPS) is 11.2. The standard InChI is InChI=1S/C45H34ClN5O7/c1-23(52)34-18-14-24-8-6-12-35(39(24)50-34)48-21-30-33(47)17-16-28-38(26-10-4-5-11-27(26)44(54)56-2)29-20-32(46)41(53)31(43(29)58-42(28)30)22-49-36-13-7-9-25-15-19-37(45(55)57-3)51-40(25)36/h4-20,48-49H,21-22,47H2,1-3H3. The Labute approximate surface area is 335 Å². The quantitative estimate of drug-likeness (QED) is 0.0520. The lowest BCUT2D eigenvalue weighted by molar-refractivity contribution is 0.0588. The van der Waals surface area contributed by atoms with Crippen molar-refractivity contribution in [1.82, 2.24) is 9.97 Å². The van der Waals surface area contributed by atoms with Gasteiger partial charge < -0.3 is 30.3 Å². The van der Waals surface area contributed by atoms with Crippen LogP contribution in [0.15, 0.2) is 112 Å². The van der Waals surface area contributed by atoms with Crippen LogP contribution in [0.5, 0.6) is 0 Å². The Morgan fingerprint density at radius 1 is 0.724 bits per heavy atom. The van der Waals surface area contributed by atoms with Crippen LogP contribution in [0.2, 0.25) is 5.02 Å². The van der Waals surface area contributed by atoms with Gasteiger partial charge in [-0.05, 0) is 54.1 Å². The molecule has 0 spiro atoms. The molecule has 1 aliphatic heterocycles. The summed E-state index contributed by atoms with van der Waals surface area (Å²) >= 11 is 6.74. The number of halogens is 1. The number of carbonyl (C=O) groups excluding carboxylic acids is 3. The Balaban J connectivity index is 1.33. The van der Waals surface area contributed by atoms with Crippen molar-refractivity contribution in [3.8, 4) is 22.5 Å². The molecule has 2 aliphatic rings. The molecular formula is C45H34ClN5O7. The lowest BCUT2D eigenvalue weighted by atomic mass is 9.88. The number of pyridine rings is 2. The van der Waals surface area contributed by atoms with Crippen molar-refractivity contribution in [2.75, 3.05) is 30.6 Å². The Morgan fingerprint density at radius 2 is 1.34 bits per heavy atom. The molecule has 58 heavy (non-hydrogen) atoms. The Kier molecular flexibility index (Phi) is 9.93. The van der Waals surface area contributed by atoms with E-state index in [1.807, 2.05) is 36.4 Å². The van der Waals surface area contributed by atoms with Crippen LogP contribution >= 0.6 is 11.6 Å². The van der Waals surface area contributed by atoms with Crippen molar-refractivity contribution in [2.45, 2.75) is 20.0 Å². The van der Waals surface area contributed by atoms with E-state index in [0.717, 1.165) is 10.8 Å². The highest BCUT2D eigenvalue weighted by atomic mass is 35.5. The third-order valence-electron chi connectivity index (χ3n) is 10.0. The van der Waals surface area contributed by atoms with Gasteiger partial charge in [-0.3, -0.25) is 9.59 Å². The summed E-state index contributed by atoms with van der Waals surface area (Å²) in [4.78, 5) is 61.1. The van der Waals surface area contributed by atoms with Crippen LogP contribution in [0.4, 0.5) is 17.1 Å². The molecule has 4 N–H and O–H groups in total. The predicted octanol–water partition coefficient (Wildman–Crippen LogP) is 8.90. The number of nitrogens with two attached hydrogens (primary N) is 1. The molecule has 4 aromatic carbocycles. The minimum atomic E-state index is -0.591. The molecule has 0 saturated carbocycles. The van der Waals surface area contributed by atoms with E-state index < -0.39 is 17.4 Å². The minimum absolute atomic E-state index is 0.0645. The zero-order valence-corrected chi connectivity index (χ0v) is 32.2. The summed E-state index contributed by atoms with van der Waals surface area (Å²) in [7, 11) is 2.59. The van der Waals surface area contributed by atoms with Crippen LogP contribution in [0.25, 0.3) is 55.2 Å². The molecule has 8 rings (SSSR count). The number of rotatable bonds is 10. The Bertz CT molecular complexity index is 3020. The number of nitrogens with zero attached hydrogens (tertiary/aromatic N) is 2. The summed E-state index contributed by atoms with van der Waals surface area (Å²) in [6, 6.07) is 30.1. The third kappa shape index (κ3) is 6.69. The summed E-state index contributed by atoms with van der Waals surface area (Å²) in [6.45, 7) is 1.55. The molecule has 288 valence electrons. The van der Waals surface area contributed by atoms with Crippen LogP contribution < -0.4 is 21.8 Å². The number of aromatic nitrogens is 2. The molecule has 0 atom stereocenters. The van der Waals surface area contributed by atoms with Gasteiger partial charge in [0, 0.05) is 58.5 Å². The molecule has 0 unspecified atom stereocenters. The fourth-order valence-corrected chi connectivity index (χ4v) is 7.38. The van der Waals surface area contributed by atoms with E-state index >= 15 is 0 Å². The zero-order valence-electron chi connectivity index (χ0n) is 31.4. The fraction of sp³-hybridized carbons (Fsp3) is 0.111. The van der Waals surface area contributed by atoms with Crippen molar-refractivity contribution < 1.29 is 28.3 Å². The highest BCUT2D eigenvalue weighted by Crippen LogP contribution is 2.45. The maximum Gasteiger partial charge on any atom is 0.356 e. The number of anilines is 3. The molecule has 12 nitrogen and oxygen atoms in total. The van der Waals surface area contributed by atoms with Gasteiger partial charge in [-0.1, -0.05) is 66.2 Å². The average molecular weight is 792 g/mol. The molecule has 6 aromatic rings. The van der Waals surface area contributed by atoms with Crippen LogP contribution in [0.3, 0.4) is 0 Å². The largest absolute Gasteiger partial charge is 0.465 e. The molecule has 3 heterocycles. The number of esters is 2. The van der Waals surface area contributed by atoms with Gasteiger partial charge in [0.25, 0.3) is 0 Å². The van der Waals surface area contributed by atoms with Gasteiger partial charge in [-0.25, -0.2) is 19.6 Å². The van der Waals surface area contributed by atoms with Gasteiger partial charge in [0.2, 0.25) is 5.43 Å². The summed E-state index contributed by atoms with van der Waals surface area (Å²) in [5.41, 5.74) is 12.3. The third-order valence-corrected chi connectivity index (χ3v) is 10.3. The molecule has 0 saturated heterocycles. The molecule has 0 radical (unpaired) electrons. The lowest BCUT2D eigenvalue weighted by Crippen LogP contribution is -2.17. The highest BCUT2D eigenvalue weighted by Gasteiger charge is 2.28. The first-order chi connectivity index (χ1) is 28.1. The smallest absolute Gasteiger partial charge is 0.356 e. The SMILES string of the molecule is COC(=O)c1ccc2cccc(NCc3c4oc5c(CNc6cccc7ccc(C(C)=O)nc67)c(N)ccc5c(-c5ccccc5C(=O)OC)c-4cc(Cl)c3=O)c2n1. The van der Waals surface area contributed by atoms with Gasteiger partial charge in [0.1, 0.15) is 22.7 Å². The molecule has 1 aliphatic carbocycles. The number of nitrogen functional groups attached to an aromatic ring is 1. The second kappa shape index (κ2) is 15.3. The van der Waals surface area contributed by atoms with Crippen molar-refractivity contribution >= 4 is 79.2 Å². The number of fused-ring (bicyclic) bond motifs is 4. The summed E-state index contributed by atoms with van der Waals surface area (Å²) in [5.74, 6) is -1.11. The predicted molar refractivity (Wildman–Crippen MR) is 225 cm³/mol. The summed E-state index contributed by atoms with van der Waals surface area (Å²) in [5, 5.41) is 8.87. The fourth-order valence-electron chi connectivity index (χ4n) is 7.16. The molecule has 0 bridgehead atoms. The Hall–Kier alpha value is -7.31. The first-order valence-electron chi connectivity index (χ1n) is 18.1. The van der Waals surface area contributed by atoms with Crippen LogP contribution in [0.1, 0.15) is 49.4 Å². The van der Waals surface area contributed by atoms with Crippen LogP contribution in [-0.4, -0.2) is 41.9 Å². The maximum absolute atomic E-state index is 14.1. The molecular weight excluding hydrogens is 758 g/mol. The maximum atomic E-state index is 14.1. The zero-order chi connectivity index (χ0) is 40.7.